The van der Waals surface area contributed by atoms with Gasteiger partial charge in [0.1, 0.15) is 47.8 Å². The van der Waals surface area contributed by atoms with E-state index < -0.39 is 111 Å². The molecule has 1 N–H and O–H groups in total. The second-order valence-electron chi connectivity index (χ2n) is 25.2. The van der Waals surface area contributed by atoms with E-state index in [9.17, 15) is 19.7 Å². The minimum Gasteiger partial charge on any atom is -0.458 e. The number of hydrogen-bond acceptors (Lipinski definition) is 16. The maximum atomic E-state index is 14.3. The van der Waals surface area contributed by atoms with Crippen molar-refractivity contribution < 1.29 is 71.0 Å². The van der Waals surface area contributed by atoms with E-state index in [2.05, 4.69) is 46.9 Å². The Labute approximate surface area is 515 Å². The SMILES string of the molecule is CC(C)[Si](OC[C@H]1O[C@H](OC[C@H](NC(=O)OC(C)(C)C)C(=O)OC(C)(C)C)[C@H]([N+](=O)[O-])[C@@H](O[C@@H]2O[C@H](COCc3ccccc3)[C@H](OCc3ccccc3)[C@H](OCc3ccccc3)[C@H]2OCc2ccccc2)[C@H]1OCc1ccccc1)(C(C)C)C(C)C. The smallest absolute Gasteiger partial charge is 0.408 e. The number of hydrogen-bond donors (Lipinski definition) is 1. The van der Waals surface area contributed by atoms with Gasteiger partial charge in [0.15, 0.2) is 26.8 Å². The average molecular weight is 1220 g/mol. The third-order valence-corrected chi connectivity index (χ3v) is 21.4. The predicted molar refractivity (Wildman–Crippen MR) is 331 cm³/mol. The fourth-order valence-corrected chi connectivity index (χ4v) is 16.9. The first-order chi connectivity index (χ1) is 41.5. The fraction of sp³-hybridized carbons (Fsp3) is 0.529. The van der Waals surface area contributed by atoms with Crippen LogP contribution in [0.5, 0.6) is 0 Å². The number of alkyl carbamates (subject to hydrolysis) is 1. The van der Waals surface area contributed by atoms with Crippen LogP contribution in [0.15, 0.2) is 152 Å². The van der Waals surface area contributed by atoms with Crippen LogP contribution in [0.3, 0.4) is 0 Å². The summed E-state index contributed by atoms with van der Waals surface area (Å²) in [7, 11) is -2.72. The second kappa shape index (κ2) is 32.5. The molecule has 0 spiro atoms. The molecule has 5 aromatic rings. The monoisotopic (exact) mass is 1220 g/mol. The zero-order chi connectivity index (χ0) is 62.7. The number of carbonyl (C=O) groups is 2. The molecule has 11 atom stereocenters. The van der Waals surface area contributed by atoms with Crippen LogP contribution in [0.1, 0.15) is 111 Å². The van der Waals surface area contributed by atoms with Crippen molar-refractivity contribution in [2.75, 3.05) is 19.8 Å². The minimum atomic E-state index is -2.72. The number of benzene rings is 5. The van der Waals surface area contributed by atoms with Gasteiger partial charge in [0, 0.05) is 4.92 Å². The number of amides is 1. The molecule has 2 heterocycles. The molecule has 0 aliphatic carbocycles. The van der Waals surface area contributed by atoms with Crippen LogP contribution >= 0.6 is 0 Å². The first-order valence-electron chi connectivity index (χ1n) is 30.3. The van der Waals surface area contributed by atoms with Crippen molar-refractivity contribution in [3.63, 3.8) is 0 Å². The van der Waals surface area contributed by atoms with Crippen molar-refractivity contribution in [2.24, 2.45) is 0 Å². The van der Waals surface area contributed by atoms with Crippen molar-refractivity contribution in [2.45, 2.75) is 211 Å². The van der Waals surface area contributed by atoms with Crippen molar-refractivity contribution in [3.8, 4) is 0 Å². The van der Waals surface area contributed by atoms with Gasteiger partial charge in [-0.25, -0.2) is 9.59 Å². The number of nitro groups is 1. The number of nitrogens with one attached hydrogen (secondary N) is 1. The third-order valence-electron chi connectivity index (χ3n) is 15.3. The van der Waals surface area contributed by atoms with E-state index in [1.165, 1.54) is 0 Å². The van der Waals surface area contributed by atoms with E-state index in [0.29, 0.717) is 0 Å². The van der Waals surface area contributed by atoms with Gasteiger partial charge in [0.2, 0.25) is 6.29 Å². The predicted octanol–water partition coefficient (Wildman–Crippen LogP) is 12.5. The number of nitrogens with zero attached hydrogens (tertiary/aromatic N) is 1. The second-order valence-corrected chi connectivity index (χ2v) is 30.7. The maximum absolute atomic E-state index is 14.3. The molecule has 0 unspecified atom stereocenters. The van der Waals surface area contributed by atoms with Gasteiger partial charge in [-0.1, -0.05) is 193 Å². The molecule has 0 bridgehead atoms. The summed E-state index contributed by atoms with van der Waals surface area (Å²) < 4.78 is 81.2. The fourth-order valence-electron chi connectivity index (χ4n) is 11.4. The van der Waals surface area contributed by atoms with E-state index in [1.807, 2.05) is 152 Å². The molecule has 87 heavy (non-hydrogen) atoms. The van der Waals surface area contributed by atoms with Crippen LogP contribution in [0.4, 0.5) is 4.79 Å². The van der Waals surface area contributed by atoms with Crippen molar-refractivity contribution in [1.82, 2.24) is 5.32 Å². The Morgan fingerprint density at radius 1 is 0.506 bits per heavy atom. The van der Waals surface area contributed by atoms with Crippen LogP contribution in [0, 0.1) is 10.1 Å². The first kappa shape index (κ1) is 68.5. The Bertz CT molecular complexity index is 2800. The lowest BCUT2D eigenvalue weighted by molar-refractivity contribution is -0.580. The number of rotatable bonds is 30. The van der Waals surface area contributed by atoms with E-state index in [4.69, 9.17) is 56.5 Å². The van der Waals surface area contributed by atoms with Gasteiger partial charge in [-0.3, -0.25) is 10.1 Å². The van der Waals surface area contributed by atoms with Gasteiger partial charge in [0.05, 0.1) is 52.9 Å². The molecule has 2 saturated heterocycles. The van der Waals surface area contributed by atoms with E-state index in [0.717, 1.165) is 27.8 Å². The Balaban J connectivity index is 1.38. The summed E-state index contributed by atoms with van der Waals surface area (Å²) in [5, 5.41) is 16.9. The van der Waals surface area contributed by atoms with Gasteiger partial charge in [-0.15, -0.1) is 0 Å². The summed E-state index contributed by atoms with van der Waals surface area (Å²) in [4.78, 5) is 41.3. The summed E-state index contributed by atoms with van der Waals surface area (Å²) in [5.74, 6) is -0.875. The van der Waals surface area contributed by atoms with E-state index >= 15 is 0 Å². The van der Waals surface area contributed by atoms with Gasteiger partial charge < -0.3 is 61.8 Å². The third kappa shape index (κ3) is 20.3. The highest BCUT2D eigenvalue weighted by Crippen LogP contribution is 2.44. The molecule has 2 aliphatic heterocycles. The topological polar surface area (TPSA) is 200 Å². The molecular weight excluding hydrogens is 1130 g/mol. The molecular formula is C68H92N2O16Si. The lowest BCUT2D eigenvalue weighted by atomic mass is 9.95. The average Bonchev–Trinajstić information content (AvgIpc) is 1.88. The maximum Gasteiger partial charge on any atom is 0.408 e. The first-order valence-corrected chi connectivity index (χ1v) is 32.5. The normalized spacial score (nSPS) is 23.1. The van der Waals surface area contributed by atoms with Crippen molar-refractivity contribution >= 4 is 20.4 Å². The minimum absolute atomic E-state index is 0.0174. The zero-order valence-corrected chi connectivity index (χ0v) is 53.7. The quantitative estimate of drug-likeness (QED) is 0.0197. The van der Waals surface area contributed by atoms with Crippen LogP contribution < -0.4 is 5.32 Å². The summed E-state index contributed by atoms with van der Waals surface area (Å²) >= 11 is 0. The van der Waals surface area contributed by atoms with Gasteiger partial charge in [0.25, 0.3) is 6.04 Å². The number of esters is 1. The molecule has 5 aromatic carbocycles. The zero-order valence-electron chi connectivity index (χ0n) is 52.7. The molecule has 0 radical (unpaired) electrons. The highest BCUT2D eigenvalue weighted by molar-refractivity contribution is 6.77. The van der Waals surface area contributed by atoms with Gasteiger partial charge in [-0.05, 0) is 86.0 Å². The van der Waals surface area contributed by atoms with E-state index in [1.54, 1.807) is 41.5 Å². The number of ether oxygens (including phenoxy) is 11. The number of carbonyl (C=O) groups excluding carboxylic acids is 2. The van der Waals surface area contributed by atoms with E-state index in [-0.39, 0.29) is 62.9 Å². The standard InChI is InChI=1S/C68H92N2O16Si/c1-46(2)87(47(3)4,48(5)6)81-45-56-58(76-39-50-30-20-14-21-31-50)60(57(70(73)74)64(82-56)80-43-54(63(71)85-67(7,8)9)69-66(72)86-68(10,11)12)84-65-62(79-42-53-36-26-17-27-37-53)61(78-41-52-34-24-16-25-35-52)59(77-40-51-32-22-15-23-33-51)55(83-65)44-75-38-49-28-18-13-19-29-49/h13-37,46-48,54-62,64-65H,38-45H2,1-12H3,(H,69,72)/t54-,55+,56+,57+,58-,59-,60+,61-,62+,64-,65-/m0/s1. The molecule has 19 heteroatoms. The molecule has 474 valence electrons. The summed E-state index contributed by atoms with van der Waals surface area (Å²) in [6.45, 7) is 22.8. The Morgan fingerprint density at radius 2 is 0.885 bits per heavy atom. The highest BCUT2D eigenvalue weighted by Gasteiger charge is 2.59. The Morgan fingerprint density at radius 3 is 1.30 bits per heavy atom. The van der Waals surface area contributed by atoms with Crippen molar-refractivity contribution in [3.05, 3.63) is 190 Å². The highest BCUT2D eigenvalue weighted by atomic mass is 28.4. The van der Waals surface area contributed by atoms with Gasteiger partial charge in [-0.2, -0.15) is 0 Å². The van der Waals surface area contributed by atoms with Crippen LogP contribution in [0.2, 0.25) is 16.6 Å². The lowest BCUT2D eigenvalue weighted by Crippen LogP contribution is -2.68. The van der Waals surface area contributed by atoms with Gasteiger partial charge >= 0.3 is 12.1 Å². The molecule has 7 rings (SSSR count). The molecule has 18 nitrogen and oxygen atoms in total. The van der Waals surface area contributed by atoms with Crippen molar-refractivity contribution in [1.29, 1.82) is 0 Å². The van der Waals surface area contributed by atoms with Crippen LogP contribution in [-0.2, 0) is 94.4 Å². The molecule has 1 amide bonds. The molecule has 2 aliphatic rings. The summed E-state index contributed by atoms with van der Waals surface area (Å²) in [5.41, 5.74) is 2.73. The largest absolute Gasteiger partial charge is 0.458 e. The molecule has 2 fully saturated rings. The lowest BCUT2D eigenvalue weighted by Gasteiger charge is -2.49. The van der Waals surface area contributed by atoms with Crippen LogP contribution in [0.25, 0.3) is 0 Å². The summed E-state index contributed by atoms with van der Waals surface area (Å²) in [6.07, 6.45) is -12.1. The Hall–Kier alpha value is -5.94. The summed E-state index contributed by atoms with van der Waals surface area (Å²) in [6, 6.07) is 44.8. The Kier molecular flexibility index (Phi) is 25.6. The van der Waals surface area contributed by atoms with Crippen LogP contribution in [-0.4, -0.2) is 124 Å². The molecule has 0 saturated carbocycles. The molecule has 0 aromatic heterocycles.